The first-order valence-electron chi connectivity index (χ1n) is 9.17. The minimum atomic E-state index is -3.57. The van der Waals surface area contributed by atoms with E-state index >= 15 is 0 Å². The van der Waals surface area contributed by atoms with Gasteiger partial charge >= 0.3 is 0 Å². The van der Waals surface area contributed by atoms with Crippen LogP contribution in [0.1, 0.15) is 18.5 Å². The van der Waals surface area contributed by atoms with Crippen molar-refractivity contribution >= 4 is 21.4 Å². The third-order valence-corrected chi connectivity index (χ3v) is 6.96. The number of nitrogens with one attached hydrogen (secondary N) is 1. The number of hydrogen-bond acceptors (Lipinski definition) is 6. The van der Waals surface area contributed by atoms with Crippen molar-refractivity contribution < 1.29 is 13.2 Å². The van der Waals surface area contributed by atoms with E-state index in [1.807, 2.05) is 12.3 Å². The van der Waals surface area contributed by atoms with E-state index in [0.29, 0.717) is 18.9 Å². The molecule has 1 unspecified atom stereocenters. The van der Waals surface area contributed by atoms with Crippen LogP contribution in [0.15, 0.2) is 46.0 Å². The van der Waals surface area contributed by atoms with Crippen molar-refractivity contribution in [1.82, 2.24) is 14.5 Å². The largest absolute Gasteiger partial charge is 0.494 e. The summed E-state index contributed by atoms with van der Waals surface area (Å²) in [5.41, 5.74) is 1.17. The van der Waals surface area contributed by atoms with Crippen LogP contribution in [-0.2, 0) is 10.0 Å². The second-order valence-electron chi connectivity index (χ2n) is 6.67. The normalized spacial score (nSPS) is 17.7. The van der Waals surface area contributed by atoms with Gasteiger partial charge in [0.1, 0.15) is 5.75 Å². The highest BCUT2D eigenvalue weighted by atomic mass is 32.2. The lowest BCUT2D eigenvalue weighted by Gasteiger charge is -2.37. The van der Waals surface area contributed by atoms with Crippen molar-refractivity contribution in [2.45, 2.75) is 17.9 Å². The number of benzene rings is 1. The molecule has 3 rings (SSSR count). The Balaban J connectivity index is 1.70. The highest BCUT2D eigenvalue weighted by molar-refractivity contribution is 7.89. The predicted octanol–water partition coefficient (Wildman–Crippen LogP) is 2.41. The molecule has 0 spiro atoms. The molecule has 1 N–H and O–H groups in total. The summed E-state index contributed by atoms with van der Waals surface area (Å²) in [6.45, 7) is 6.66. The van der Waals surface area contributed by atoms with Gasteiger partial charge in [-0.3, -0.25) is 4.90 Å². The Morgan fingerprint density at radius 3 is 2.44 bits per heavy atom. The van der Waals surface area contributed by atoms with Crippen molar-refractivity contribution in [1.29, 1.82) is 0 Å². The van der Waals surface area contributed by atoms with E-state index in [0.717, 1.165) is 26.2 Å². The van der Waals surface area contributed by atoms with Gasteiger partial charge in [0.25, 0.3) is 0 Å². The quantitative estimate of drug-likeness (QED) is 0.726. The smallest absolute Gasteiger partial charge is 0.240 e. The fourth-order valence-corrected chi connectivity index (χ4v) is 4.96. The molecule has 27 heavy (non-hydrogen) atoms. The topological polar surface area (TPSA) is 61.9 Å². The van der Waals surface area contributed by atoms with Crippen LogP contribution in [0.2, 0.25) is 0 Å². The van der Waals surface area contributed by atoms with Crippen molar-refractivity contribution in [3.63, 3.8) is 0 Å². The summed E-state index contributed by atoms with van der Waals surface area (Å²) < 4.78 is 33.7. The molecule has 1 fully saturated rings. The Hall–Kier alpha value is -1.45. The summed E-state index contributed by atoms with van der Waals surface area (Å²) in [6.07, 6.45) is 0. The van der Waals surface area contributed by atoms with Gasteiger partial charge in [-0.05, 0) is 60.6 Å². The summed E-state index contributed by atoms with van der Waals surface area (Å²) >= 11 is 1.64. The van der Waals surface area contributed by atoms with Gasteiger partial charge in [-0.1, -0.05) is 0 Å². The average Bonchev–Trinajstić information content (AvgIpc) is 3.18. The lowest BCUT2D eigenvalue weighted by Crippen LogP contribution is -2.48. The minimum absolute atomic E-state index is 0.0439. The molecule has 0 aliphatic carbocycles. The SMILES string of the molecule is CCOc1ccc(S(=O)(=O)NCC(c2ccsc2)N2CCN(C)CC2)cc1. The van der Waals surface area contributed by atoms with Crippen molar-refractivity contribution in [2.75, 3.05) is 46.4 Å². The third-order valence-electron chi connectivity index (χ3n) is 4.82. The van der Waals surface area contributed by atoms with Crippen LogP contribution < -0.4 is 9.46 Å². The van der Waals surface area contributed by atoms with Crippen LogP contribution in [0.25, 0.3) is 0 Å². The molecule has 0 radical (unpaired) electrons. The van der Waals surface area contributed by atoms with E-state index in [4.69, 9.17) is 4.74 Å². The predicted molar refractivity (Wildman–Crippen MR) is 109 cm³/mol. The maximum absolute atomic E-state index is 12.7. The number of ether oxygens (including phenoxy) is 1. The zero-order valence-electron chi connectivity index (χ0n) is 15.8. The van der Waals surface area contributed by atoms with E-state index < -0.39 is 10.0 Å². The number of likely N-dealkylation sites (N-methyl/N-ethyl adjacent to an activating group) is 1. The monoisotopic (exact) mass is 409 g/mol. The summed E-state index contributed by atoms with van der Waals surface area (Å²) in [4.78, 5) is 4.92. The van der Waals surface area contributed by atoms with Crippen LogP contribution in [0.3, 0.4) is 0 Å². The summed E-state index contributed by atoms with van der Waals surface area (Å²) in [5.74, 6) is 0.671. The fraction of sp³-hybridized carbons (Fsp3) is 0.474. The number of hydrogen-bond donors (Lipinski definition) is 1. The second-order valence-corrected chi connectivity index (χ2v) is 9.22. The van der Waals surface area contributed by atoms with Gasteiger partial charge in [0.2, 0.25) is 10.0 Å². The Labute approximate surface area is 165 Å². The molecule has 1 saturated heterocycles. The summed E-state index contributed by atoms with van der Waals surface area (Å²) in [5, 5.41) is 4.15. The molecular weight excluding hydrogens is 382 g/mol. The van der Waals surface area contributed by atoms with Crippen molar-refractivity contribution in [2.24, 2.45) is 0 Å². The molecule has 148 valence electrons. The number of piperazine rings is 1. The first-order chi connectivity index (χ1) is 13.0. The summed E-state index contributed by atoms with van der Waals surface area (Å²) in [7, 11) is -1.45. The van der Waals surface area contributed by atoms with Gasteiger partial charge in [-0.15, -0.1) is 0 Å². The van der Waals surface area contributed by atoms with Crippen molar-refractivity contribution in [3.05, 3.63) is 46.7 Å². The Morgan fingerprint density at radius 2 is 1.85 bits per heavy atom. The molecule has 1 aromatic carbocycles. The Morgan fingerprint density at radius 1 is 1.15 bits per heavy atom. The van der Waals surface area contributed by atoms with Crippen LogP contribution in [0.5, 0.6) is 5.75 Å². The fourth-order valence-electron chi connectivity index (χ4n) is 3.21. The Kier molecular flexibility index (Phi) is 6.88. The van der Waals surface area contributed by atoms with Gasteiger partial charge in [-0.25, -0.2) is 13.1 Å². The number of nitrogens with zero attached hydrogens (tertiary/aromatic N) is 2. The number of rotatable bonds is 8. The molecule has 8 heteroatoms. The zero-order chi connectivity index (χ0) is 19.3. The third kappa shape index (κ3) is 5.30. The van der Waals surface area contributed by atoms with Crippen LogP contribution >= 0.6 is 11.3 Å². The molecule has 1 aromatic heterocycles. The molecule has 2 aromatic rings. The molecule has 1 atom stereocenters. The van der Waals surface area contributed by atoms with Crippen LogP contribution in [0, 0.1) is 0 Å². The molecular formula is C19H27N3O3S2. The maximum atomic E-state index is 12.7. The first-order valence-corrected chi connectivity index (χ1v) is 11.6. The molecule has 0 saturated carbocycles. The van der Waals surface area contributed by atoms with E-state index in [1.54, 1.807) is 35.6 Å². The number of sulfonamides is 1. The highest BCUT2D eigenvalue weighted by Crippen LogP contribution is 2.24. The number of thiophene rings is 1. The van der Waals surface area contributed by atoms with Gasteiger partial charge in [0.15, 0.2) is 0 Å². The second kappa shape index (κ2) is 9.16. The van der Waals surface area contributed by atoms with Gasteiger partial charge < -0.3 is 9.64 Å². The van der Waals surface area contributed by atoms with E-state index in [1.165, 1.54) is 5.56 Å². The van der Waals surface area contributed by atoms with Crippen LogP contribution in [0.4, 0.5) is 0 Å². The van der Waals surface area contributed by atoms with Gasteiger partial charge in [0, 0.05) is 38.8 Å². The minimum Gasteiger partial charge on any atom is -0.494 e. The van der Waals surface area contributed by atoms with Gasteiger partial charge in [0.05, 0.1) is 11.5 Å². The Bertz CT molecular complexity index is 799. The molecule has 2 heterocycles. The summed E-state index contributed by atoms with van der Waals surface area (Å²) in [6, 6.07) is 8.68. The molecule has 0 amide bonds. The van der Waals surface area contributed by atoms with Gasteiger partial charge in [-0.2, -0.15) is 11.3 Å². The average molecular weight is 410 g/mol. The standard InChI is InChI=1S/C19H27N3O3S2/c1-3-25-17-4-6-18(7-5-17)27(23,24)20-14-19(16-8-13-26-15-16)22-11-9-21(2)10-12-22/h4-8,13,15,19-20H,3,9-12,14H2,1-2H3. The molecule has 1 aliphatic rings. The molecule has 0 bridgehead atoms. The van der Waals surface area contributed by atoms with E-state index in [-0.39, 0.29) is 10.9 Å². The zero-order valence-corrected chi connectivity index (χ0v) is 17.4. The molecule has 1 aliphatic heterocycles. The van der Waals surface area contributed by atoms with E-state index in [2.05, 4.69) is 33.0 Å². The lowest BCUT2D eigenvalue weighted by molar-refractivity contribution is 0.113. The highest BCUT2D eigenvalue weighted by Gasteiger charge is 2.26. The first kappa shape index (κ1) is 20.3. The van der Waals surface area contributed by atoms with Crippen molar-refractivity contribution in [3.8, 4) is 5.75 Å². The van der Waals surface area contributed by atoms with E-state index in [9.17, 15) is 8.42 Å². The maximum Gasteiger partial charge on any atom is 0.240 e. The molecule has 6 nitrogen and oxygen atoms in total. The van der Waals surface area contributed by atoms with Crippen LogP contribution in [-0.4, -0.2) is 64.6 Å². The lowest BCUT2D eigenvalue weighted by atomic mass is 10.1.